The molecule has 0 aromatic carbocycles. The first-order valence-corrected chi connectivity index (χ1v) is 4.68. The topological polar surface area (TPSA) is 6.48 Å². The molecule has 0 radical (unpaired) electrons. The van der Waals surface area contributed by atoms with E-state index in [1.807, 2.05) is 0 Å². The van der Waals surface area contributed by atoms with E-state index in [1.165, 1.54) is 19.6 Å². The van der Waals surface area contributed by atoms with Crippen molar-refractivity contribution < 1.29 is 0 Å². The maximum Gasteiger partial charge on any atom is 0.0264 e. The Balaban J connectivity index is 2.11. The van der Waals surface area contributed by atoms with E-state index in [4.69, 9.17) is 0 Å². The summed E-state index contributed by atoms with van der Waals surface area (Å²) in [6.45, 7) is 8.50. The van der Waals surface area contributed by atoms with Gasteiger partial charge in [0.25, 0.3) is 0 Å². The first-order valence-electron chi connectivity index (χ1n) is 4.68. The van der Waals surface area contributed by atoms with E-state index >= 15 is 0 Å². The monoisotopic (exact) mass is 154 g/mol. The summed E-state index contributed by atoms with van der Waals surface area (Å²) in [6, 6.07) is 1.70. The molecule has 2 aliphatic heterocycles. The molecule has 2 bridgehead atoms. The minimum atomic E-state index is 0.847. The Kier molecular flexibility index (Phi) is 1.69. The first kappa shape index (κ1) is 7.56. The molecule has 0 aliphatic carbocycles. The van der Waals surface area contributed by atoms with Gasteiger partial charge < -0.3 is 4.90 Å². The molecule has 2 rings (SSSR count). The highest BCUT2D eigenvalue weighted by molar-refractivity contribution is 5.02. The van der Waals surface area contributed by atoms with Crippen LogP contribution < -0.4 is 0 Å². The molecule has 2 fully saturated rings. The van der Waals surface area contributed by atoms with Gasteiger partial charge in [-0.25, -0.2) is 0 Å². The lowest BCUT2D eigenvalue weighted by Crippen LogP contribution is -2.44. The highest BCUT2D eigenvalue weighted by Gasteiger charge is 2.46. The second-order valence-electron chi connectivity index (χ2n) is 4.02. The van der Waals surface area contributed by atoms with Crippen molar-refractivity contribution in [1.82, 2.24) is 9.80 Å². The third kappa shape index (κ3) is 0.926. The average Bonchev–Trinajstić information content (AvgIpc) is 2.43. The molecule has 0 aromatic heterocycles. The molecule has 2 aliphatic rings. The van der Waals surface area contributed by atoms with Crippen LogP contribution in [0.1, 0.15) is 13.8 Å². The Morgan fingerprint density at radius 1 is 1.27 bits per heavy atom. The highest BCUT2D eigenvalue weighted by Crippen LogP contribution is 2.34. The number of likely N-dealkylation sites (N-methyl/N-ethyl adjacent to an activating group) is 2. The molecule has 2 heteroatoms. The van der Waals surface area contributed by atoms with Gasteiger partial charge in [0.15, 0.2) is 0 Å². The van der Waals surface area contributed by atoms with Crippen molar-refractivity contribution in [1.29, 1.82) is 0 Å². The average molecular weight is 154 g/mol. The maximum atomic E-state index is 2.62. The van der Waals surface area contributed by atoms with Crippen LogP contribution in [-0.4, -0.2) is 48.6 Å². The van der Waals surface area contributed by atoms with Gasteiger partial charge in [-0.3, -0.25) is 4.90 Å². The zero-order chi connectivity index (χ0) is 8.01. The quantitative estimate of drug-likeness (QED) is 0.547. The fourth-order valence-corrected chi connectivity index (χ4v) is 2.75. The Bertz CT molecular complexity index is 156. The number of hydrogen-bond acceptors (Lipinski definition) is 2. The van der Waals surface area contributed by atoms with E-state index in [9.17, 15) is 0 Å². The third-order valence-electron chi connectivity index (χ3n) is 3.55. The van der Waals surface area contributed by atoms with Gasteiger partial charge in [0.05, 0.1) is 0 Å². The molecule has 0 saturated carbocycles. The van der Waals surface area contributed by atoms with Crippen molar-refractivity contribution in [3.05, 3.63) is 0 Å². The zero-order valence-electron chi connectivity index (χ0n) is 7.75. The van der Waals surface area contributed by atoms with Crippen LogP contribution in [0.15, 0.2) is 0 Å². The summed E-state index contributed by atoms with van der Waals surface area (Å²) in [5.74, 6) is 0.903. The molecular weight excluding hydrogens is 136 g/mol. The first-order chi connectivity index (χ1) is 5.24. The van der Waals surface area contributed by atoms with Crippen LogP contribution in [0.3, 0.4) is 0 Å². The summed E-state index contributed by atoms with van der Waals surface area (Å²) in [4.78, 5) is 5.14. The van der Waals surface area contributed by atoms with Gasteiger partial charge in [-0.15, -0.1) is 0 Å². The van der Waals surface area contributed by atoms with Gasteiger partial charge in [-0.1, -0.05) is 13.8 Å². The Labute approximate surface area is 69.2 Å². The second-order valence-corrected chi connectivity index (χ2v) is 4.02. The van der Waals surface area contributed by atoms with Crippen LogP contribution in [0.4, 0.5) is 0 Å². The van der Waals surface area contributed by atoms with Crippen LogP contribution in [0.25, 0.3) is 0 Å². The van der Waals surface area contributed by atoms with Gasteiger partial charge in [0.1, 0.15) is 0 Å². The lowest BCUT2D eigenvalue weighted by molar-refractivity contribution is 0.155. The molecule has 0 N–H and O–H groups in total. The lowest BCUT2D eigenvalue weighted by atomic mass is 10.0. The van der Waals surface area contributed by atoms with Gasteiger partial charge >= 0.3 is 0 Å². The Morgan fingerprint density at radius 2 is 2.00 bits per heavy atom. The van der Waals surface area contributed by atoms with E-state index in [-0.39, 0.29) is 0 Å². The zero-order valence-corrected chi connectivity index (χ0v) is 7.75. The number of rotatable bonds is 1. The normalized spacial score (nSPS) is 45.5. The Hall–Kier alpha value is -0.0800. The summed E-state index contributed by atoms with van der Waals surface area (Å²) in [5, 5.41) is 0. The smallest absolute Gasteiger partial charge is 0.0264 e. The van der Waals surface area contributed by atoms with Crippen LogP contribution in [0, 0.1) is 5.92 Å². The van der Waals surface area contributed by atoms with Gasteiger partial charge in [0, 0.05) is 25.2 Å². The van der Waals surface area contributed by atoms with Crippen molar-refractivity contribution in [3.63, 3.8) is 0 Å². The van der Waals surface area contributed by atoms with E-state index < -0.39 is 0 Å². The van der Waals surface area contributed by atoms with Crippen molar-refractivity contribution in [3.8, 4) is 0 Å². The third-order valence-corrected chi connectivity index (χ3v) is 3.55. The molecule has 2 nitrogen and oxygen atoms in total. The molecule has 0 spiro atoms. The Morgan fingerprint density at radius 3 is 2.36 bits per heavy atom. The minimum Gasteiger partial charge on any atom is -0.300 e. The van der Waals surface area contributed by atoms with Crippen LogP contribution in [0.5, 0.6) is 0 Å². The van der Waals surface area contributed by atoms with Gasteiger partial charge in [-0.2, -0.15) is 0 Å². The fraction of sp³-hybridized carbons (Fsp3) is 1.00. The molecule has 3 unspecified atom stereocenters. The molecule has 0 aromatic rings. The van der Waals surface area contributed by atoms with Crippen molar-refractivity contribution in [2.24, 2.45) is 5.92 Å². The molecule has 11 heavy (non-hydrogen) atoms. The van der Waals surface area contributed by atoms with Gasteiger partial charge in [0.2, 0.25) is 0 Å². The van der Waals surface area contributed by atoms with E-state index in [0.717, 1.165) is 18.0 Å². The van der Waals surface area contributed by atoms with Crippen LogP contribution in [0.2, 0.25) is 0 Å². The summed E-state index contributed by atoms with van der Waals surface area (Å²) in [7, 11) is 2.26. The predicted octanol–water partition coefficient (Wildman–Crippen LogP) is 0.641. The predicted molar refractivity (Wildman–Crippen MR) is 46.6 cm³/mol. The fourth-order valence-electron chi connectivity index (χ4n) is 2.75. The van der Waals surface area contributed by atoms with Gasteiger partial charge in [-0.05, 0) is 19.5 Å². The second kappa shape index (κ2) is 2.46. The van der Waals surface area contributed by atoms with Crippen LogP contribution >= 0.6 is 0 Å². The van der Waals surface area contributed by atoms with E-state index in [1.54, 1.807) is 0 Å². The summed E-state index contributed by atoms with van der Waals surface area (Å²) in [6.07, 6.45) is 0. The van der Waals surface area contributed by atoms with Crippen molar-refractivity contribution >= 4 is 0 Å². The van der Waals surface area contributed by atoms with E-state index in [0.29, 0.717) is 0 Å². The molecule has 3 atom stereocenters. The molecule has 2 heterocycles. The largest absolute Gasteiger partial charge is 0.300 e. The molecule has 64 valence electrons. The standard InChI is InChI=1S/C9H18N2/c1-4-11-6-8-7(2)9(11)5-10(8)3/h7-9H,4-6H2,1-3H3. The van der Waals surface area contributed by atoms with E-state index in [2.05, 4.69) is 30.7 Å². The molecule has 0 amide bonds. The summed E-state index contributed by atoms with van der Waals surface area (Å²) >= 11 is 0. The van der Waals surface area contributed by atoms with Crippen molar-refractivity contribution in [2.45, 2.75) is 25.9 Å². The number of fused-ring (bicyclic) bond motifs is 2. The SMILES string of the molecule is CCN1CC2C(C)C1CN2C. The lowest BCUT2D eigenvalue weighted by Gasteiger charge is -2.30. The molecule has 2 saturated heterocycles. The van der Waals surface area contributed by atoms with Crippen LogP contribution in [-0.2, 0) is 0 Å². The number of likely N-dealkylation sites (tertiary alicyclic amines) is 2. The van der Waals surface area contributed by atoms with Crippen molar-refractivity contribution in [2.75, 3.05) is 26.7 Å². The summed E-state index contributed by atoms with van der Waals surface area (Å²) < 4.78 is 0. The molecular formula is C9H18N2. The number of nitrogens with zero attached hydrogens (tertiary/aromatic N) is 2. The number of piperazine rings is 1. The summed E-state index contributed by atoms with van der Waals surface area (Å²) in [5.41, 5.74) is 0. The maximum absolute atomic E-state index is 2.62. The minimum absolute atomic E-state index is 0.847. The highest BCUT2D eigenvalue weighted by atomic mass is 15.3. The number of hydrogen-bond donors (Lipinski definition) is 0.